The highest BCUT2D eigenvalue weighted by Gasteiger charge is 2.47. The average Bonchev–Trinajstić information content (AvgIpc) is 2.71. The number of aromatic carboxylic acids is 1. The van der Waals surface area contributed by atoms with Gasteiger partial charge in [0, 0.05) is 32.5 Å². The molecule has 8 nitrogen and oxygen atoms in total. The molecule has 0 aliphatic carbocycles. The van der Waals surface area contributed by atoms with Gasteiger partial charge in [0.2, 0.25) is 5.91 Å². The summed E-state index contributed by atoms with van der Waals surface area (Å²) in [4.78, 5) is 22.2. The molecule has 4 N–H and O–H groups in total. The molecule has 1 heterocycles. The fourth-order valence-electron chi connectivity index (χ4n) is 3.47. The third-order valence-corrected chi connectivity index (χ3v) is 6.05. The molecule has 1 saturated heterocycles. The van der Waals surface area contributed by atoms with E-state index < -0.39 is 25.9 Å². The van der Waals surface area contributed by atoms with Crippen molar-refractivity contribution in [1.82, 2.24) is 10.6 Å². The van der Waals surface area contributed by atoms with Crippen LogP contribution in [0.2, 0.25) is 0 Å². The molecule has 0 aromatic heterocycles. The number of carbonyl (C=O) groups is 2. The molecule has 29 heavy (non-hydrogen) atoms. The molecule has 2 rings (SSSR count). The number of unbranched alkanes of at least 4 members (excludes halogenated alkanes) is 2. The molecule has 1 aromatic carbocycles. The first-order chi connectivity index (χ1) is 13.9. The Bertz CT molecular complexity index is 708. The van der Waals surface area contributed by atoms with Gasteiger partial charge in [0.1, 0.15) is 6.10 Å². The van der Waals surface area contributed by atoms with Crippen molar-refractivity contribution in [1.29, 1.82) is 0 Å². The number of carbonyl (C=O) groups excluding carboxylic acids is 1. The largest absolute Gasteiger partial charge is 0.478 e. The number of amides is 1. The van der Waals surface area contributed by atoms with Crippen molar-refractivity contribution in [3.05, 3.63) is 35.4 Å². The lowest BCUT2D eigenvalue weighted by molar-refractivity contribution is -0.118. The van der Waals surface area contributed by atoms with Crippen LogP contribution in [0.1, 0.15) is 48.5 Å². The molecule has 4 atom stereocenters. The van der Waals surface area contributed by atoms with Gasteiger partial charge in [0.25, 0.3) is 5.34 Å². The van der Waals surface area contributed by atoms with Crippen LogP contribution in [0.25, 0.3) is 0 Å². The Balaban J connectivity index is 1.81. The number of hydrogen-bond donors (Lipinski definition) is 4. The first-order valence-electron chi connectivity index (χ1n) is 9.88. The minimum atomic E-state index is -1.41. The highest BCUT2D eigenvalue weighted by Crippen LogP contribution is 2.33. The van der Waals surface area contributed by atoms with Gasteiger partial charge in [-0.2, -0.15) is 0 Å². The number of nitrogens with one attached hydrogen (secondary N) is 2. The Morgan fingerprint density at radius 1 is 1.31 bits per heavy atom. The van der Waals surface area contributed by atoms with Gasteiger partial charge in [-0.1, -0.05) is 29.2 Å². The molecule has 1 fully saturated rings. The molecule has 0 saturated carbocycles. The van der Waals surface area contributed by atoms with E-state index in [0.717, 1.165) is 18.4 Å². The van der Waals surface area contributed by atoms with Gasteiger partial charge in [-0.05, 0) is 30.9 Å². The number of carboxylic acids is 1. The van der Waals surface area contributed by atoms with Crippen molar-refractivity contribution in [2.24, 2.45) is 0 Å². The summed E-state index contributed by atoms with van der Waals surface area (Å²) in [5.41, 5.74) is 0.993. The number of benzene rings is 1. The molecular weight excluding hydrogens is 395 g/mol. The molecule has 160 valence electrons. The van der Waals surface area contributed by atoms with Gasteiger partial charge in [-0.3, -0.25) is 4.79 Å². The van der Waals surface area contributed by atoms with Gasteiger partial charge in [-0.15, -0.1) is 0 Å². The number of rotatable bonds is 11. The van der Waals surface area contributed by atoms with E-state index in [0.29, 0.717) is 39.0 Å². The summed E-state index contributed by atoms with van der Waals surface area (Å²) >= 11 is 0. The summed E-state index contributed by atoms with van der Waals surface area (Å²) < 4.78 is 17.5. The van der Waals surface area contributed by atoms with Crippen LogP contribution in [0.5, 0.6) is 0 Å². The zero-order valence-electron chi connectivity index (χ0n) is 16.6. The highest BCUT2D eigenvalue weighted by molar-refractivity contribution is 7.25. The molecule has 1 aliphatic rings. The highest BCUT2D eigenvalue weighted by atomic mass is 31.1. The van der Waals surface area contributed by atoms with E-state index in [1.807, 2.05) is 0 Å². The number of carboxylic acid groups (broad SMARTS) is 1. The summed E-state index contributed by atoms with van der Waals surface area (Å²) in [5, 5.41) is 24.7. The second-order valence-corrected chi connectivity index (χ2v) is 8.48. The molecule has 0 spiro atoms. The summed E-state index contributed by atoms with van der Waals surface area (Å²) in [6.07, 6.45) is 2.55. The third kappa shape index (κ3) is 7.16. The molecule has 9 heteroatoms. The molecule has 1 aliphatic heterocycles. The Morgan fingerprint density at radius 2 is 2.07 bits per heavy atom. The first kappa shape index (κ1) is 23.4. The standard InChI is InChI=1S/C20H29N2O6P/c1-14(23)21-10-6-2-5-9-20(26,29-27)18-12-22-16(13-28-18)11-15-7-3-4-8-17(15)19(24)25/h3-4,7-8,16,18,22,26H,2,5-6,9-13H2,1H3,(H,21,23)(H,24,25)/p+1/t16-,18-,20?/m1/s1. The van der Waals surface area contributed by atoms with Crippen molar-refractivity contribution in [3.63, 3.8) is 0 Å². The molecule has 0 bridgehead atoms. The molecule has 1 aromatic rings. The van der Waals surface area contributed by atoms with E-state index in [1.165, 1.54) is 6.92 Å². The maximum Gasteiger partial charge on any atom is 0.362 e. The van der Waals surface area contributed by atoms with E-state index >= 15 is 0 Å². The topological polar surface area (TPSA) is 125 Å². The summed E-state index contributed by atoms with van der Waals surface area (Å²) in [6.45, 7) is 2.71. The smallest absolute Gasteiger partial charge is 0.362 e. The number of morpholine rings is 1. The van der Waals surface area contributed by atoms with Crippen LogP contribution >= 0.6 is 8.46 Å². The van der Waals surface area contributed by atoms with Crippen molar-refractivity contribution in [3.8, 4) is 0 Å². The van der Waals surface area contributed by atoms with Crippen LogP contribution in [0.3, 0.4) is 0 Å². The zero-order valence-corrected chi connectivity index (χ0v) is 17.6. The van der Waals surface area contributed by atoms with Crippen LogP contribution in [-0.4, -0.2) is 59.3 Å². The minimum absolute atomic E-state index is 0.0650. The van der Waals surface area contributed by atoms with E-state index in [4.69, 9.17) is 4.74 Å². The molecule has 2 unspecified atom stereocenters. The Labute approximate surface area is 172 Å². The number of aliphatic hydroxyl groups is 1. The number of hydrogen-bond acceptors (Lipinski definition) is 6. The van der Waals surface area contributed by atoms with Crippen molar-refractivity contribution >= 4 is 20.3 Å². The maximum atomic E-state index is 11.7. The third-order valence-electron chi connectivity index (χ3n) is 5.12. The first-order valence-corrected chi connectivity index (χ1v) is 10.8. The predicted molar refractivity (Wildman–Crippen MR) is 110 cm³/mol. The van der Waals surface area contributed by atoms with E-state index in [2.05, 4.69) is 10.6 Å². The fraction of sp³-hybridized carbons (Fsp3) is 0.600. The van der Waals surface area contributed by atoms with Crippen molar-refractivity contribution < 1.29 is 29.1 Å². The van der Waals surface area contributed by atoms with Gasteiger partial charge < -0.3 is 25.6 Å². The normalized spacial score (nSPS) is 21.4. The lowest BCUT2D eigenvalue weighted by Crippen LogP contribution is -2.55. The van der Waals surface area contributed by atoms with Crippen LogP contribution < -0.4 is 10.6 Å². The Kier molecular flexibility index (Phi) is 9.17. The Morgan fingerprint density at radius 3 is 2.69 bits per heavy atom. The number of ether oxygens (including phenoxy) is 1. The summed E-state index contributed by atoms with van der Waals surface area (Å²) in [7, 11) is -0.906. The van der Waals surface area contributed by atoms with E-state index in [1.54, 1.807) is 24.3 Å². The van der Waals surface area contributed by atoms with E-state index in [-0.39, 0.29) is 17.5 Å². The lowest BCUT2D eigenvalue weighted by Gasteiger charge is -2.34. The van der Waals surface area contributed by atoms with Crippen LogP contribution in [0, 0.1) is 0 Å². The van der Waals surface area contributed by atoms with Crippen molar-refractivity contribution in [2.45, 2.75) is 56.5 Å². The quantitative estimate of drug-likeness (QED) is 0.314. The van der Waals surface area contributed by atoms with Gasteiger partial charge in [0.05, 0.1) is 12.2 Å². The zero-order chi connectivity index (χ0) is 21.3. The van der Waals surface area contributed by atoms with Crippen LogP contribution in [0.15, 0.2) is 24.3 Å². The molecular formula is C20H30N2O6P+. The maximum absolute atomic E-state index is 11.7. The average molecular weight is 425 g/mol. The minimum Gasteiger partial charge on any atom is -0.478 e. The summed E-state index contributed by atoms with van der Waals surface area (Å²) in [5.74, 6) is -1.03. The summed E-state index contributed by atoms with van der Waals surface area (Å²) in [6, 6.07) is 6.78. The fourth-order valence-corrected chi connectivity index (χ4v) is 4.07. The van der Waals surface area contributed by atoms with Gasteiger partial charge in [0.15, 0.2) is 0 Å². The lowest BCUT2D eigenvalue weighted by atomic mass is 9.98. The van der Waals surface area contributed by atoms with Gasteiger partial charge >= 0.3 is 14.4 Å². The molecule has 1 amide bonds. The predicted octanol–water partition coefficient (Wildman–Crippen LogP) is 1.69. The van der Waals surface area contributed by atoms with Crippen molar-refractivity contribution in [2.75, 3.05) is 19.7 Å². The van der Waals surface area contributed by atoms with E-state index in [9.17, 15) is 24.4 Å². The van der Waals surface area contributed by atoms with Crippen LogP contribution in [0.4, 0.5) is 0 Å². The molecule has 0 radical (unpaired) electrons. The van der Waals surface area contributed by atoms with Gasteiger partial charge in [-0.25, -0.2) is 4.79 Å². The van der Waals surface area contributed by atoms with Crippen LogP contribution in [-0.2, 0) is 20.5 Å². The monoisotopic (exact) mass is 425 g/mol. The second-order valence-electron chi connectivity index (χ2n) is 7.41. The second kappa shape index (κ2) is 11.4. The SMILES string of the molecule is CC(=O)NCCCCCC(O)([PH+]=O)[C@H]1CN[C@H](Cc2ccccc2C(=O)O)CO1. The Hall–Kier alpha value is -1.86.